The first kappa shape index (κ1) is 31.9. The summed E-state index contributed by atoms with van der Waals surface area (Å²) >= 11 is 0. The molecular formula is C46H28O9. The minimum Gasteiger partial charge on any atom is -0.504 e. The molecule has 0 fully saturated rings. The number of aromatic hydroxyl groups is 8. The molecule has 0 spiro atoms. The van der Waals surface area contributed by atoms with Gasteiger partial charge in [-0.2, -0.15) is 0 Å². The van der Waals surface area contributed by atoms with E-state index in [-0.39, 0.29) is 32.7 Å². The lowest BCUT2D eigenvalue weighted by molar-refractivity contribution is 0.350. The number of phenolic OH excluding ortho intramolecular Hbond substituents is 8. The van der Waals surface area contributed by atoms with Gasteiger partial charge in [-0.1, -0.05) is 91.0 Å². The molecular weight excluding hydrogens is 696 g/mol. The highest BCUT2D eigenvalue weighted by molar-refractivity contribution is 6.30. The molecule has 1 heterocycles. The van der Waals surface area contributed by atoms with Crippen molar-refractivity contribution in [2.24, 2.45) is 0 Å². The normalized spacial score (nSPS) is 11.9. The molecule has 0 aliphatic rings. The molecule has 1 aromatic heterocycles. The predicted molar refractivity (Wildman–Crippen MR) is 213 cm³/mol. The second kappa shape index (κ2) is 11.4. The first-order valence-corrected chi connectivity index (χ1v) is 17.3. The first-order valence-electron chi connectivity index (χ1n) is 17.3. The molecule has 0 amide bonds. The molecule has 0 atom stereocenters. The summed E-state index contributed by atoms with van der Waals surface area (Å²) in [6.07, 6.45) is 0. The molecule has 0 radical (unpaired) electrons. The maximum Gasteiger partial charge on any atom is 0.204 e. The zero-order valence-electron chi connectivity index (χ0n) is 28.5. The van der Waals surface area contributed by atoms with Crippen LogP contribution in [-0.4, -0.2) is 40.9 Å². The SMILES string of the molecule is Oc1c(O)c(O)c2c(-c3cccc4ccccc34)c3c(O)c(O)c(O)c(O)c3c(-c3ccc4cc(-c5ccc6oc7ccccc7c6c5)ccc4c3)c2c1O. The van der Waals surface area contributed by atoms with Gasteiger partial charge in [0.2, 0.25) is 23.0 Å². The van der Waals surface area contributed by atoms with Crippen LogP contribution in [0, 0.1) is 0 Å². The minimum absolute atomic E-state index is 0.00421. The molecule has 266 valence electrons. The summed E-state index contributed by atoms with van der Waals surface area (Å²) in [5, 5.41) is 94.5. The molecule has 10 aromatic rings. The summed E-state index contributed by atoms with van der Waals surface area (Å²) in [6, 6.07) is 37.5. The lowest BCUT2D eigenvalue weighted by Crippen LogP contribution is -1.95. The average molecular weight is 725 g/mol. The molecule has 55 heavy (non-hydrogen) atoms. The van der Waals surface area contributed by atoms with Gasteiger partial charge in [-0.05, 0) is 74.1 Å². The zero-order chi connectivity index (χ0) is 37.9. The molecule has 0 saturated carbocycles. The van der Waals surface area contributed by atoms with E-state index in [1.54, 1.807) is 36.4 Å². The molecule has 8 N–H and O–H groups in total. The van der Waals surface area contributed by atoms with Crippen molar-refractivity contribution in [1.29, 1.82) is 0 Å². The Hall–Kier alpha value is -7.78. The van der Waals surface area contributed by atoms with Crippen LogP contribution in [0.1, 0.15) is 0 Å². The first-order chi connectivity index (χ1) is 26.6. The van der Waals surface area contributed by atoms with Crippen LogP contribution in [0.2, 0.25) is 0 Å². The number of phenols is 8. The molecule has 0 saturated heterocycles. The van der Waals surface area contributed by atoms with Crippen molar-refractivity contribution < 1.29 is 45.3 Å². The van der Waals surface area contributed by atoms with E-state index in [0.717, 1.165) is 49.2 Å². The molecule has 9 aromatic carbocycles. The Kier molecular flexibility index (Phi) is 6.59. The third-order valence-electron chi connectivity index (χ3n) is 10.7. The van der Waals surface area contributed by atoms with Gasteiger partial charge in [0.05, 0.1) is 0 Å². The number of hydrogen-bond donors (Lipinski definition) is 8. The summed E-state index contributed by atoms with van der Waals surface area (Å²) in [7, 11) is 0. The van der Waals surface area contributed by atoms with Gasteiger partial charge in [-0.3, -0.25) is 0 Å². The largest absolute Gasteiger partial charge is 0.504 e. The topological polar surface area (TPSA) is 175 Å². The van der Waals surface area contributed by atoms with Gasteiger partial charge >= 0.3 is 0 Å². The maximum atomic E-state index is 11.7. The lowest BCUT2D eigenvalue weighted by atomic mass is 9.82. The Morgan fingerprint density at radius 2 is 0.782 bits per heavy atom. The summed E-state index contributed by atoms with van der Waals surface area (Å²) < 4.78 is 6.01. The van der Waals surface area contributed by atoms with Crippen LogP contribution in [-0.2, 0) is 0 Å². The van der Waals surface area contributed by atoms with Crippen LogP contribution in [0.15, 0.2) is 126 Å². The fourth-order valence-corrected chi connectivity index (χ4v) is 8.11. The van der Waals surface area contributed by atoms with Gasteiger partial charge in [0, 0.05) is 43.4 Å². The van der Waals surface area contributed by atoms with Gasteiger partial charge in [-0.25, -0.2) is 0 Å². The van der Waals surface area contributed by atoms with Crippen molar-refractivity contribution in [2.45, 2.75) is 0 Å². The van der Waals surface area contributed by atoms with Crippen molar-refractivity contribution in [1.82, 2.24) is 0 Å². The van der Waals surface area contributed by atoms with Gasteiger partial charge in [-0.15, -0.1) is 0 Å². The van der Waals surface area contributed by atoms with Crippen molar-refractivity contribution in [3.8, 4) is 79.4 Å². The van der Waals surface area contributed by atoms with Crippen molar-refractivity contribution >= 4 is 65.0 Å². The van der Waals surface area contributed by atoms with E-state index in [2.05, 4.69) is 6.07 Å². The van der Waals surface area contributed by atoms with E-state index in [0.29, 0.717) is 16.5 Å². The fourth-order valence-electron chi connectivity index (χ4n) is 8.11. The zero-order valence-corrected chi connectivity index (χ0v) is 28.5. The summed E-state index contributed by atoms with van der Waals surface area (Å²) in [5.41, 5.74) is 4.21. The molecule has 9 nitrogen and oxygen atoms in total. The number of furan rings is 1. The highest BCUT2D eigenvalue weighted by Gasteiger charge is 2.32. The summed E-state index contributed by atoms with van der Waals surface area (Å²) in [4.78, 5) is 0. The smallest absolute Gasteiger partial charge is 0.204 e. The Morgan fingerprint density at radius 3 is 1.44 bits per heavy atom. The van der Waals surface area contributed by atoms with Gasteiger partial charge in [0.1, 0.15) is 11.2 Å². The standard InChI is InChI=1S/C46H28O9/c47-39-35-33(26-15-14-22-18-23(12-13-24(22)19-26)25-16-17-32-30(20-25)28-9-3-4-11-31(28)55-32)36-38(42(50)46(54)44(52)40(36)48)34(37(35)41(49)45(53)43(39)51)29-10-5-7-21-6-1-2-8-27(21)29/h1-20,47-54H. The highest BCUT2D eigenvalue weighted by atomic mass is 16.4. The van der Waals surface area contributed by atoms with Gasteiger partial charge < -0.3 is 45.3 Å². The van der Waals surface area contributed by atoms with Gasteiger partial charge in [0.25, 0.3) is 0 Å². The number of benzene rings is 9. The average Bonchev–Trinajstić information content (AvgIpc) is 3.60. The Labute approximate surface area is 310 Å². The molecule has 9 heteroatoms. The van der Waals surface area contributed by atoms with Crippen LogP contribution in [0.3, 0.4) is 0 Å². The van der Waals surface area contributed by atoms with Crippen molar-refractivity contribution in [3.05, 3.63) is 121 Å². The van der Waals surface area contributed by atoms with E-state index < -0.39 is 46.0 Å². The molecule has 0 bridgehead atoms. The van der Waals surface area contributed by atoms with Crippen LogP contribution in [0.25, 0.3) is 98.4 Å². The second-order valence-electron chi connectivity index (χ2n) is 13.7. The second-order valence-corrected chi connectivity index (χ2v) is 13.7. The van der Waals surface area contributed by atoms with Crippen molar-refractivity contribution in [3.63, 3.8) is 0 Å². The number of para-hydroxylation sites is 1. The van der Waals surface area contributed by atoms with E-state index in [4.69, 9.17) is 4.42 Å². The lowest BCUT2D eigenvalue weighted by Gasteiger charge is -2.23. The van der Waals surface area contributed by atoms with E-state index in [1.165, 1.54) is 0 Å². The molecule has 10 rings (SSSR count). The minimum atomic E-state index is -1.02. The Morgan fingerprint density at radius 1 is 0.309 bits per heavy atom. The fraction of sp³-hybridized carbons (Fsp3) is 0. The van der Waals surface area contributed by atoms with Crippen molar-refractivity contribution in [2.75, 3.05) is 0 Å². The van der Waals surface area contributed by atoms with Crippen LogP contribution in [0.4, 0.5) is 0 Å². The Balaban J connectivity index is 1.28. The highest BCUT2D eigenvalue weighted by Crippen LogP contribution is 2.62. The summed E-state index contributed by atoms with van der Waals surface area (Å²) in [6.45, 7) is 0. The predicted octanol–water partition coefficient (Wildman–Crippen LogP) is 10.8. The van der Waals surface area contributed by atoms with E-state index >= 15 is 0 Å². The number of fused-ring (bicyclic) bond motifs is 7. The van der Waals surface area contributed by atoms with Crippen LogP contribution < -0.4 is 0 Å². The monoisotopic (exact) mass is 724 g/mol. The number of rotatable bonds is 3. The molecule has 0 aliphatic heterocycles. The van der Waals surface area contributed by atoms with Crippen LogP contribution in [0.5, 0.6) is 46.0 Å². The third-order valence-corrected chi connectivity index (χ3v) is 10.7. The quantitative estimate of drug-likeness (QED) is 0.0501. The van der Waals surface area contributed by atoms with E-state index in [1.807, 2.05) is 78.9 Å². The van der Waals surface area contributed by atoms with E-state index in [9.17, 15) is 40.9 Å². The maximum absolute atomic E-state index is 11.7. The summed E-state index contributed by atoms with van der Waals surface area (Å²) in [5.74, 6) is -7.37. The number of hydrogen-bond acceptors (Lipinski definition) is 9. The van der Waals surface area contributed by atoms with Crippen LogP contribution >= 0.6 is 0 Å². The molecule has 0 aliphatic carbocycles. The van der Waals surface area contributed by atoms with Gasteiger partial charge in [0.15, 0.2) is 23.0 Å². The Bertz CT molecular complexity index is 3220. The molecule has 0 unspecified atom stereocenters. The third kappa shape index (κ3) is 4.41.